The molecule has 0 unspecified atom stereocenters. The maximum Gasteiger partial charge on any atom is 0.255 e. The number of rotatable bonds is 4. The molecule has 0 bridgehead atoms. The molecule has 2 aromatic rings. The molecule has 2 heterocycles. The molecule has 144 valence electrons. The van der Waals surface area contributed by atoms with Gasteiger partial charge in [0.05, 0.1) is 23.8 Å². The van der Waals surface area contributed by atoms with Gasteiger partial charge in [-0.15, -0.1) is 0 Å². The number of anilines is 3. The topological polar surface area (TPSA) is 102 Å². The van der Waals surface area contributed by atoms with E-state index in [9.17, 15) is 4.79 Å². The Morgan fingerprint density at radius 2 is 1.54 bits per heavy atom. The molecule has 5 N–H and O–H groups in total. The van der Waals surface area contributed by atoms with Crippen LogP contribution in [0.2, 0.25) is 5.02 Å². The number of amides is 1. The number of guanidine groups is 2. The van der Waals surface area contributed by atoms with E-state index in [1.807, 2.05) is 18.2 Å². The van der Waals surface area contributed by atoms with E-state index in [1.165, 1.54) is 0 Å². The molecular formula is C19H20ClN7O. The predicted octanol–water partition coefficient (Wildman–Crippen LogP) is 2.33. The summed E-state index contributed by atoms with van der Waals surface area (Å²) in [7, 11) is 0. The van der Waals surface area contributed by atoms with Crippen LogP contribution in [0.3, 0.4) is 0 Å². The van der Waals surface area contributed by atoms with E-state index in [4.69, 9.17) is 11.6 Å². The molecule has 0 spiro atoms. The van der Waals surface area contributed by atoms with Gasteiger partial charge < -0.3 is 26.6 Å². The second-order valence-electron chi connectivity index (χ2n) is 6.29. The molecule has 2 aliphatic heterocycles. The lowest BCUT2D eigenvalue weighted by atomic mass is 10.2. The van der Waals surface area contributed by atoms with Crippen molar-refractivity contribution in [3.8, 4) is 0 Å². The minimum Gasteiger partial charge on any atom is -0.354 e. The molecule has 28 heavy (non-hydrogen) atoms. The molecule has 0 radical (unpaired) electrons. The van der Waals surface area contributed by atoms with Gasteiger partial charge in [-0.25, -0.2) is 0 Å². The number of benzene rings is 2. The third-order valence-electron chi connectivity index (χ3n) is 4.24. The summed E-state index contributed by atoms with van der Waals surface area (Å²) in [5.41, 5.74) is 2.77. The normalized spacial score (nSPS) is 15.2. The molecule has 0 saturated heterocycles. The number of halogens is 1. The summed E-state index contributed by atoms with van der Waals surface area (Å²) in [6.45, 7) is 3.16. The van der Waals surface area contributed by atoms with E-state index in [1.54, 1.807) is 24.3 Å². The van der Waals surface area contributed by atoms with Gasteiger partial charge in [-0.05, 0) is 42.5 Å². The quantitative estimate of drug-likeness (QED) is 0.545. The SMILES string of the molecule is O=C(Nc1ccc(NC2=NCCN2)c(Cl)c1)c1ccc(NC2=NCCN2)cc1. The van der Waals surface area contributed by atoms with E-state index < -0.39 is 0 Å². The lowest BCUT2D eigenvalue weighted by Gasteiger charge is -2.11. The zero-order chi connectivity index (χ0) is 19.3. The maximum absolute atomic E-state index is 12.5. The van der Waals surface area contributed by atoms with Crippen LogP contribution in [0.1, 0.15) is 10.4 Å². The molecule has 8 nitrogen and oxygen atoms in total. The van der Waals surface area contributed by atoms with Crippen molar-refractivity contribution in [3.05, 3.63) is 53.1 Å². The lowest BCUT2D eigenvalue weighted by molar-refractivity contribution is 0.102. The van der Waals surface area contributed by atoms with Crippen LogP contribution in [0.4, 0.5) is 17.1 Å². The first-order valence-electron chi connectivity index (χ1n) is 8.99. The fourth-order valence-corrected chi connectivity index (χ4v) is 3.06. The van der Waals surface area contributed by atoms with Gasteiger partial charge >= 0.3 is 0 Å². The summed E-state index contributed by atoms with van der Waals surface area (Å²) in [5, 5.41) is 15.9. The molecule has 1 amide bonds. The van der Waals surface area contributed by atoms with Crippen LogP contribution in [-0.2, 0) is 0 Å². The van der Waals surface area contributed by atoms with Gasteiger partial charge in [0.15, 0.2) is 11.9 Å². The largest absolute Gasteiger partial charge is 0.354 e. The molecular weight excluding hydrogens is 378 g/mol. The Bertz CT molecular complexity index is 940. The fourth-order valence-electron chi connectivity index (χ4n) is 2.83. The Balaban J connectivity index is 1.38. The van der Waals surface area contributed by atoms with Crippen molar-refractivity contribution in [3.63, 3.8) is 0 Å². The van der Waals surface area contributed by atoms with E-state index in [-0.39, 0.29) is 5.91 Å². The molecule has 2 aromatic carbocycles. The highest BCUT2D eigenvalue weighted by Gasteiger charge is 2.11. The molecule has 0 atom stereocenters. The highest BCUT2D eigenvalue weighted by atomic mass is 35.5. The molecule has 4 rings (SSSR count). The van der Waals surface area contributed by atoms with Gasteiger partial charge in [-0.1, -0.05) is 11.6 Å². The van der Waals surface area contributed by atoms with Crippen molar-refractivity contribution < 1.29 is 4.79 Å². The summed E-state index contributed by atoms with van der Waals surface area (Å²) in [4.78, 5) is 21.0. The zero-order valence-electron chi connectivity index (χ0n) is 15.1. The molecule has 2 aliphatic rings. The first-order valence-corrected chi connectivity index (χ1v) is 9.37. The van der Waals surface area contributed by atoms with Gasteiger partial charge in [0.25, 0.3) is 5.91 Å². The minimum atomic E-state index is -0.207. The highest BCUT2D eigenvalue weighted by molar-refractivity contribution is 6.34. The van der Waals surface area contributed by atoms with Crippen LogP contribution in [0.15, 0.2) is 52.4 Å². The Morgan fingerprint density at radius 1 is 0.893 bits per heavy atom. The first kappa shape index (κ1) is 18.1. The van der Waals surface area contributed by atoms with E-state index >= 15 is 0 Å². The summed E-state index contributed by atoms with van der Waals surface area (Å²) in [6.07, 6.45) is 0. The first-order chi connectivity index (χ1) is 13.7. The van der Waals surface area contributed by atoms with Crippen LogP contribution in [0, 0.1) is 0 Å². The summed E-state index contributed by atoms with van der Waals surface area (Å²) >= 11 is 6.32. The van der Waals surface area contributed by atoms with Crippen molar-refractivity contribution in [2.24, 2.45) is 9.98 Å². The van der Waals surface area contributed by atoms with Gasteiger partial charge in [-0.3, -0.25) is 14.8 Å². The highest BCUT2D eigenvalue weighted by Crippen LogP contribution is 2.26. The van der Waals surface area contributed by atoms with Crippen LogP contribution in [0.5, 0.6) is 0 Å². The number of hydrogen-bond donors (Lipinski definition) is 5. The Kier molecular flexibility index (Phi) is 5.29. The number of nitrogens with one attached hydrogen (secondary N) is 5. The second kappa shape index (κ2) is 8.18. The standard InChI is InChI=1S/C19H20ClN7O/c20-15-11-14(5-6-16(15)27-19-23-9-10-24-19)25-17(28)12-1-3-13(4-2-12)26-18-21-7-8-22-18/h1-6,11H,7-10H2,(H,25,28)(H2,21,22,26)(H2,23,24,27). The summed E-state index contributed by atoms with van der Waals surface area (Å²) in [6, 6.07) is 12.5. The van der Waals surface area contributed by atoms with Crippen molar-refractivity contribution in [2.75, 3.05) is 42.1 Å². The number of carbonyl (C=O) groups excluding carboxylic acids is 1. The third kappa shape index (κ3) is 4.34. The lowest BCUT2D eigenvalue weighted by Crippen LogP contribution is -2.26. The number of carbonyl (C=O) groups is 1. The van der Waals surface area contributed by atoms with Crippen LogP contribution in [-0.4, -0.2) is 44.0 Å². The number of nitrogens with zero attached hydrogens (tertiary/aromatic N) is 2. The average Bonchev–Trinajstić information content (AvgIpc) is 3.39. The van der Waals surface area contributed by atoms with E-state index in [2.05, 4.69) is 36.6 Å². The Labute approximate surface area is 167 Å². The monoisotopic (exact) mass is 397 g/mol. The Morgan fingerprint density at radius 3 is 2.14 bits per heavy atom. The molecule has 0 fully saturated rings. The van der Waals surface area contributed by atoms with Gasteiger partial charge in [0.1, 0.15) is 0 Å². The minimum absolute atomic E-state index is 0.207. The van der Waals surface area contributed by atoms with Crippen LogP contribution >= 0.6 is 11.6 Å². The van der Waals surface area contributed by atoms with Crippen molar-refractivity contribution in [1.29, 1.82) is 0 Å². The summed E-state index contributed by atoms with van der Waals surface area (Å²) < 4.78 is 0. The second-order valence-corrected chi connectivity index (χ2v) is 6.70. The fraction of sp³-hybridized carbons (Fsp3) is 0.211. The number of aliphatic imine (C=N–C) groups is 2. The smallest absolute Gasteiger partial charge is 0.255 e. The van der Waals surface area contributed by atoms with Crippen LogP contribution in [0.25, 0.3) is 0 Å². The molecule has 9 heteroatoms. The zero-order valence-corrected chi connectivity index (χ0v) is 15.8. The average molecular weight is 398 g/mol. The van der Waals surface area contributed by atoms with E-state index in [0.717, 1.165) is 43.5 Å². The van der Waals surface area contributed by atoms with E-state index in [0.29, 0.717) is 22.2 Å². The van der Waals surface area contributed by atoms with Crippen molar-refractivity contribution in [1.82, 2.24) is 10.6 Å². The van der Waals surface area contributed by atoms with Gasteiger partial charge in [-0.2, -0.15) is 0 Å². The predicted molar refractivity (Wildman–Crippen MR) is 114 cm³/mol. The van der Waals surface area contributed by atoms with Gasteiger partial charge in [0.2, 0.25) is 0 Å². The van der Waals surface area contributed by atoms with Gasteiger partial charge in [0, 0.05) is 30.0 Å². The molecule has 0 aliphatic carbocycles. The van der Waals surface area contributed by atoms with Crippen LogP contribution < -0.4 is 26.6 Å². The number of hydrogen-bond acceptors (Lipinski definition) is 7. The summed E-state index contributed by atoms with van der Waals surface area (Å²) in [5.74, 6) is 1.24. The maximum atomic E-state index is 12.5. The van der Waals surface area contributed by atoms with Crippen molar-refractivity contribution in [2.45, 2.75) is 0 Å². The third-order valence-corrected chi connectivity index (χ3v) is 4.55. The Hall–Kier alpha value is -3.26. The van der Waals surface area contributed by atoms with Crippen molar-refractivity contribution >= 4 is 46.5 Å². The molecule has 0 aromatic heterocycles. The molecule has 0 saturated carbocycles.